The van der Waals surface area contributed by atoms with Crippen molar-refractivity contribution < 1.29 is 0 Å². The maximum atomic E-state index is 4.64. The molecule has 2 aromatic heterocycles. The van der Waals surface area contributed by atoms with Crippen LogP contribution in [-0.4, -0.2) is 22.3 Å². The van der Waals surface area contributed by atoms with Gasteiger partial charge in [-0.15, -0.1) is 11.3 Å². The van der Waals surface area contributed by atoms with Crippen molar-refractivity contribution in [3.8, 4) is 0 Å². The highest BCUT2D eigenvalue weighted by atomic mass is 32.2. The van der Waals surface area contributed by atoms with Crippen molar-refractivity contribution in [3.63, 3.8) is 0 Å². The highest BCUT2D eigenvalue weighted by Gasteiger charge is 2.08. The monoisotopic (exact) mass is 295 g/mol. The Hall–Kier alpha value is -0.810. The van der Waals surface area contributed by atoms with Gasteiger partial charge in [0.1, 0.15) is 16.5 Å². The van der Waals surface area contributed by atoms with Crippen molar-refractivity contribution in [1.29, 1.82) is 0 Å². The van der Waals surface area contributed by atoms with Gasteiger partial charge in [-0.1, -0.05) is 13.8 Å². The first-order chi connectivity index (χ1) is 9.20. The molecule has 0 saturated carbocycles. The van der Waals surface area contributed by atoms with Crippen LogP contribution in [-0.2, 0) is 5.75 Å². The first kappa shape index (κ1) is 14.6. The molecule has 0 radical (unpaired) electrons. The highest BCUT2D eigenvalue weighted by molar-refractivity contribution is 7.98. The van der Waals surface area contributed by atoms with E-state index in [1.807, 2.05) is 11.8 Å². The molecule has 19 heavy (non-hydrogen) atoms. The quantitative estimate of drug-likeness (QED) is 0.768. The van der Waals surface area contributed by atoms with Gasteiger partial charge >= 0.3 is 0 Å². The van der Waals surface area contributed by atoms with Crippen molar-refractivity contribution in [1.82, 2.24) is 9.97 Å². The molecule has 2 aromatic rings. The van der Waals surface area contributed by atoms with Gasteiger partial charge in [0.15, 0.2) is 0 Å². The Bertz CT molecular complexity index is 522. The predicted octanol–water partition coefficient (Wildman–Crippen LogP) is 4.40. The van der Waals surface area contributed by atoms with Crippen LogP contribution in [0.1, 0.15) is 33.0 Å². The largest absolute Gasteiger partial charge is 0.370 e. The minimum Gasteiger partial charge on any atom is -0.370 e. The maximum Gasteiger partial charge on any atom is 0.142 e. The Kier molecular flexibility index (Phi) is 5.45. The summed E-state index contributed by atoms with van der Waals surface area (Å²) in [5, 5.41) is 6.55. The second-order valence-electron chi connectivity index (χ2n) is 4.89. The number of anilines is 1. The number of nitrogens with zero attached hydrogens (tertiary/aromatic N) is 2. The summed E-state index contributed by atoms with van der Waals surface area (Å²) in [5.74, 6) is 4.78. The molecule has 0 saturated heterocycles. The Morgan fingerprint density at radius 3 is 2.95 bits per heavy atom. The molecule has 0 fully saturated rings. The van der Waals surface area contributed by atoms with E-state index in [9.17, 15) is 0 Å². The third-order valence-corrected chi connectivity index (χ3v) is 4.58. The summed E-state index contributed by atoms with van der Waals surface area (Å²) in [7, 11) is 0. The lowest BCUT2D eigenvalue weighted by Gasteiger charge is -2.07. The Balaban J connectivity index is 2.06. The fourth-order valence-electron chi connectivity index (χ4n) is 1.75. The van der Waals surface area contributed by atoms with E-state index in [1.165, 1.54) is 12.2 Å². The Morgan fingerprint density at radius 2 is 2.21 bits per heavy atom. The van der Waals surface area contributed by atoms with Crippen molar-refractivity contribution in [2.24, 2.45) is 5.92 Å². The van der Waals surface area contributed by atoms with Gasteiger partial charge in [0, 0.05) is 6.54 Å². The van der Waals surface area contributed by atoms with Gasteiger partial charge in [-0.25, -0.2) is 9.97 Å². The molecule has 0 aliphatic heterocycles. The number of hydrogen-bond acceptors (Lipinski definition) is 5. The number of thiophene rings is 1. The lowest BCUT2D eigenvalue weighted by Crippen LogP contribution is -2.03. The summed E-state index contributed by atoms with van der Waals surface area (Å²) in [6.45, 7) is 7.51. The molecule has 3 nitrogen and oxygen atoms in total. The molecule has 2 heterocycles. The first-order valence-electron chi connectivity index (χ1n) is 6.76. The molecule has 1 N–H and O–H groups in total. The van der Waals surface area contributed by atoms with Crippen molar-refractivity contribution in [3.05, 3.63) is 17.3 Å². The molecular weight excluding hydrogens is 274 g/mol. The van der Waals surface area contributed by atoms with Crippen LogP contribution in [0.5, 0.6) is 0 Å². The summed E-state index contributed by atoms with van der Waals surface area (Å²) in [5.41, 5.74) is 0. The summed E-state index contributed by atoms with van der Waals surface area (Å²) in [6.07, 6.45) is 1.26. The molecule has 0 atom stereocenters. The molecular formula is C14H21N3S2. The summed E-state index contributed by atoms with van der Waals surface area (Å²) < 4.78 is 0. The van der Waals surface area contributed by atoms with Gasteiger partial charge in [0.05, 0.1) is 11.1 Å². The number of hydrogen-bond donors (Lipinski definition) is 1. The SMILES string of the molecule is CCNc1nc(CSCCC(C)C)nc2sccc12. The van der Waals surface area contributed by atoms with Crippen LogP contribution in [0.3, 0.4) is 0 Å². The molecule has 5 heteroatoms. The normalized spacial score (nSPS) is 11.4. The van der Waals surface area contributed by atoms with Crippen molar-refractivity contribution in [2.75, 3.05) is 17.6 Å². The van der Waals surface area contributed by atoms with Gasteiger partial charge in [0.25, 0.3) is 0 Å². The molecule has 0 aliphatic carbocycles. The fraction of sp³-hybridized carbons (Fsp3) is 0.571. The number of aromatic nitrogens is 2. The van der Waals surface area contributed by atoms with E-state index >= 15 is 0 Å². The van der Waals surface area contributed by atoms with Crippen LogP contribution in [0.25, 0.3) is 10.2 Å². The number of fused-ring (bicyclic) bond motifs is 1. The molecule has 0 bridgehead atoms. The van der Waals surface area contributed by atoms with Crippen LogP contribution in [0.15, 0.2) is 11.4 Å². The van der Waals surface area contributed by atoms with Crippen LogP contribution in [0.2, 0.25) is 0 Å². The average Bonchev–Trinajstić information content (AvgIpc) is 2.83. The van der Waals surface area contributed by atoms with Crippen LogP contribution in [0.4, 0.5) is 5.82 Å². The molecule has 0 spiro atoms. The van der Waals surface area contributed by atoms with Crippen LogP contribution >= 0.6 is 23.1 Å². The zero-order valence-corrected chi connectivity index (χ0v) is 13.4. The third kappa shape index (κ3) is 4.08. The zero-order chi connectivity index (χ0) is 13.7. The standard InChI is InChI=1S/C14H21N3S2/c1-4-15-13-11-6-8-19-14(11)17-12(16-13)9-18-7-5-10(2)3/h6,8,10H,4-5,7,9H2,1-3H3,(H,15,16,17). The average molecular weight is 295 g/mol. The number of nitrogens with one attached hydrogen (secondary N) is 1. The molecule has 0 aromatic carbocycles. The van der Waals surface area contributed by atoms with Gasteiger partial charge in [0.2, 0.25) is 0 Å². The fourth-order valence-corrected chi connectivity index (χ4v) is 3.63. The minimum absolute atomic E-state index is 0.769. The van der Waals surface area contributed by atoms with E-state index < -0.39 is 0 Å². The lowest BCUT2D eigenvalue weighted by atomic mass is 10.2. The topological polar surface area (TPSA) is 37.8 Å². The molecule has 0 aliphatic rings. The van der Waals surface area contributed by atoms with E-state index in [1.54, 1.807) is 11.3 Å². The summed E-state index contributed by atoms with van der Waals surface area (Å²) in [6, 6.07) is 2.09. The zero-order valence-electron chi connectivity index (χ0n) is 11.8. The lowest BCUT2D eigenvalue weighted by molar-refractivity contribution is 0.632. The molecule has 0 amide bonds. The smallest absolute Gasteiger partial charge is 0.142 e. The molecule has 0 unspecified atom stereocenters. The van der Waals surface area contributed by atoms with E-state index in [-0.39, 0.29) is 0 Å². The van der Waals surface area contributed by atoms with Crippen molar-refractivity contribution in [2.45, 2.75) is 32.9 Å². The molecule has 104 valence electrons. The van der Waals surface area contributed by atoms with E-state index in [0.29, 0.717) is 0 Å². The van der Waals surface area contributed by atoms with E-state index in [2.05, 4.69) is 47.5 Å². The second-order valence-corrected chi connectivity index (χ2v) is 6.89. The Labute approximate surface area is 123 Å². The first-order valence-corrected chi connectivity index (χ1v) is 8.80. The van der Waals surface area contributed by atoms with Gasteiger partial charge in [-0.3, -0.25) is 0 Å². The van der Waals surface area contributed by atoms with Crippen LogP contribution in [0, 0.1) is 5.92 Å². The van der Waals surface area contributed by atoms with Gasteiger partial charge < -0.3 is 5.32 Å². The Morgan fingerprint density at radius 1 is 1.37 bits per heavy atom. The minimum atomic E-state index is 0.769. The van der Waals surface area contributed by atoms with Gasteiger partial charge in [-0.05, 0) is 36.5 Å². The van der Waals surface area contributed by atoms with E-state index in [0.717, 1.165) is 40.1 Å². The number of rotatable bonds is 7. The second kappa shape index (κ2) is 7.10. The predicted molar refractivity (Wildman–Crippen MR) is 87.2 cm³/mol. The third-order valence-electron chi connectivity index (χ3n) is 2.79. The summed E-state index contributed by atoms with van der Waals surface area (Å²) >= 11 is 3.61. The van der Waals surface area contributed by atoms with Gasteiger partial charge in [-0.2, -0.15) is 11.8 Å². The number of thioether (sulfide) groups is 1. The summed E-state index contributed by atoms with van der Waals surface area (Å²) in [4.78, 5) is 10.4. The van der Waals surface area contributed by atoms with E-state index in [4.69, 9.17) is 0 Å². The van der Waals surface area contributed by atoms with Crippen molar-refractivity contribution >= 4 is 39.1 Å². The van der Waals surface area contributed by atoms with Crippen LogP contribution < -0.4 is 5.32 Å². The highest BCUT2D eigenvalue weighted by Crippen LogP contribution is 2.26. The molecule has 2 rings (SSSR count). The maximum absolute atomic E-state index is 4.64.